The van der Waals surface area contributed by atoms with Gasteiger partial charge in [-0.2, -0.15) is 4.57 Å². The Balaban J connectivity index is 1.57. The van der Waals surface area contributed by atoms with Crippen molar-refractivity contribution < 1.29 is 152 Å². The number of aryl methyl sites for hydroxylation is 1. The van der Waals surface area contributed by atoms with Crippen molar-refractivity contribution in [3.63, 3.8) is 0 Å². The van der Waals surface area contributed by atoms with Crippen LogP contribution in [0.1, 0.15) is 87.6 Å². The average Bonchev–Trinajstić information content (AvgIpc) is 1.46. The molecule has 0 radical (unpaired) electrons. The van der Waals surface area contributed by atoms with Gasteiger partial charge in [-0.05, 0) is 75.1 Å². The molecular weight excluding hydrogens is 1460 g/mol. The first-order chi connectivity index (χ1) is 50.9. The van der Waals surface area contributed by atoms with E-state index in [4.69, 9.17) is 0 Å². The van der Waals surface area contributed by atoms with Gasteiger partial charge in [-0.1, -0.05) is 41.7 Å². The number of carboxylic acids is 11. The minimum atomic E-state index is -2.18. The fraction of sp³-hybridized carbons (Fsp3) is 0.477. The number of carbonyl (C=O) groups excluding carboxylic acids is 6. The van der Waals surface area contributed by atoms with Crippen molar-refractivity contribution in [3.8, 4) is 0 Å². The lowest BCUT2D eigenvalue weighted by atomic mass is 9.99. The number of para-hydroxylation sites is 2. The third kappa shape index (κ3) is 30.8. The SMILES string of the molecule is O=C(O)CN(CC(=O)O)C(CCCCNC(=O)C(CCC(=O)NC(C(=O)O)N(CC(=O)O)CC(=O)O)NC(=O)CC[n+]1c(/C=C2\C=CN(CCC(=O)NC(CCC(=O)NC(C(=O)O)N(CC(=O)O)CC(=O)O)C(=O)NCCCCC(C(=O)O)N(CC(=O)O)CC(O)O)c3ccccc32)sc2ccccc21)C(=O)O. The van der Waals surface area contributed by atoms with Crippen molar-refractivity contribution in [3.05, 3.63) is 71.4 Å². The van der Waals surface area contributed by atoms with Gasteiger partial charge >= 0.3 is 65.7 Å². The predicted octanol–water partition coefficient (Wildman–Crippen LogP) is -3.98. The summed E-state index contributed by atoms with van der Waals surface area (Å²) in [7, 11) is 0. The zero-order valence-electron chi connectivity index (χ0n) is 57.7. The quantitative estimate of drug-likeness (QED) is 0.0146. The van der Waals surface area contributed by atoms with Gasteiger partial charge in [-0.3, -0.25) is 91.5 Å². The van der Waals surface area contributed by atoms with Crippen LogP contribution in [0.25, 0.3) is 21.9 Å². The molecule has 6 unspecified atom stereocenters. The minimum Gasteiger partial charge on any atom is -0.480 e. The summed E-state index contributed by atoms with van der Waals surface area (Å²) in [6.07, 6.45) is -4.79. The second-order valence-electron chi connectivity index (χ2n) is 24.3. The molecule has 0 bridgehead atoms. The van der Waals surface area contributed by atoms with Crippen LogP contribution in [0.3, 0.4) is 0 Å². The van der Waals surface area contributed by atoms with E-state index < -0.39 is 222 Å². The summed E-state index contributed by atoms with van der Waals surface area (Å²) < 4.78 is 2.56. The Labute approximate surface area is 616 Å². The molecule has 2 heterocycles. The first-order valence-corrected chi connectivity index (χ1v) is 33.9. The minimum absolute atomic E-state index is 0.00500. The zero-order chi connectivity index (χ0) is 80.5. The second kappa shape index (κ2) is 44.4. The molecule has 1 aliphatic rings. The summed E-state index contributed by atoms with van der Waals surface area (Å²) in [5.74, 6) is -23.2. The van der Waals surface area contributed by atoms with Crippen LogP contribution >= 0.6 is 11.3 Å². The highest BCUT2D eigenvalue weighted by molar-refractivity contribution is 7.18. The lowest BCUT2D eigenvalue weighted by Gasteiger charge is -2.28. The summed E-state index contributed by atoms with van der Waals surface area (Å²) in [6.45, 7) is -8.45. The van der Waals surface area contributed by atoms with Crippen molar-refractivity contribution in [2.75, 3.05) is 76.9 Å². The normalized spacial score (nSPS) is 13.9. The number of aromatic nitrogens is 1. The van der Waals surface area contributed by atoms with Crippen LogP contribution in [0.4, 0.5) is 5.69 Å². The maximum absolute atomic E-state index is 14.1. The summed E-state index contributed by atoms with van der Waals surface area (Å²) in [5, 5.41) is 138. The molecule has 0 spiro atoms. The number of thiazole rings is 1. The van der Waals surface area contributed by atoms with E-state index in [2.05, 4.69) is 21.3 Å². The fourth-order valence-electron chi connectivity index (χ4n) is 11.3. The van der Waals surface area contributed by atoms with E-state index in [1.165, 1.54) is 11.3 Å². The van der Waals surface area contributed by atoms with E-state index in [9.17, 15) is 148 Å². The number of carboxylic acid groups (broad SMARTS) is 11. The predicted molar refractivity (Wildman–Crippen MR) is 368 cm³/mol. The molecule has 1 aromatic heterocycles. The molecule has 108 heavy (non-hydrogen) atoms. The molecule has 3 aromatic rings. The van der Waals surface area contributed by atoms with Crippen molar-refractivity contribution in [2.45, 2.75) is 126 Å². The highest BCUT2D eigenvalue weighted by Crippen LogP contribution is 2.35. The lowest BCUT2D eigenvalue weighted by molar-refractivity contribution is -0.667. The molecule has 2 aromatic carbocycles. The maximum atomic E-state index is 14.1. The van der Waals surface area contributed by atoms with Crippen molar-refractivity contribution in [1.82, 2.24) is 51.5 Å². The highest BCUT2D eigenvalue weighted by atomic mass is 32.1. The third-order valence-corrected chi connectivity index (χ3v) is 17.2. The number of benzene rings is 2. The molecule has 0 fully saturated rings. The van der Waals surface area contributed by atoms with Crippen LogP contribution in [0.5, 0.6) is 0 Å². The number of amides is 6. The molecule has 6 atom stereocenters. The van der Waals surface area contributed by atoms with E-state index in [1.807, 2.05) is 22.8 Å². The van der Waals surface area contributed by atoms with Gasteiger partial charge in [0.15, 0.2) is 25.2 Å². The lowest BCUT2D eigenvalue weighted by Crippen LogP contribution is -2.56. The Kier molecular flexibility index (Phi) is 36.5. The van der Waals surface area contributed by atoms with E-state index >= 15 is 0 Å². The van der Waals surface area contributed by atoms with Crippen molar-refractivity contribution >= 4 is 140 Å². The second-order valence-corrected chi connectivity index (χ2v) is 25.3. The molecule has 19 N–H and O–H groups in total. The van der Waals surface area contributed by atoms with E-state index in [0.717, 1.165) is 14.5 Å². The largest absolute Gasteiger partial charge is 0.480 e. The van der Waals surface area contributed by atoms with E-state index in [0.29, 0.717) is 37.1 Å². The van der Waals surface area contributed by atoms with E-state index in [-0.39, 0.29) is 77.5 Å². The number of allylic oxidation sites excluding steroid dienone is 2. The molecule has 42 nitrogen and oxygen atoms in total. The number of unbranched alkanes of at least 4 members (excludes halogenated alkanes) is 2. The van der Waals surface area contributed by atoms with Crippen molar-refractivity contribution in [2.24, 2.45) is 0 Å². The summed E-state index contributed by atoms with van der Waals surface area (Å²) in [4.78, 5) is 215. The van der Waals surface area contributed by atoms with Gasteiger partial charge in [0, 0.05) is 68.5 Å². The number of carbonyl (C=O) groups is 17. The molecule has 6 amide bonds. The smallest absolute Gasteiger partial charge is 0.341 e. The Morgan fingerprint density at radius 2 is 0.861 bits per heavy atom. The Bertz CT molecular complexity index is 3800. The standard InChI is InChI=1S/C65H84N12O30S/c78-45(70-58(64(104)105)75(32-54(90)91)33-55(92)93)17-15-38(60(98)66-22-7-5-12-42(62(100)101)73(28-50(82)83)29-51(84)85)68-47(80)20-25-72-24-19-36(37-9-1-2-10-40(37)72)27-49-77(41-11-3-4-14-44(41)108-49)26-21-48(81)69-39(16-18-46(79)71-59(65(106)107)76(34-56(94)95)35-57(96)97)61(99)67-23-8-6-13-43(63(102)103)74(30-52(86)87)31-53(88)89/h1-4,9-11,14,19,24,27,38-39,42-43,50,58-59,82-83H,5-8,12-13,15-18,20-23,25-26,28-35H2,(H16-,66,67,68,69,70,71,78,79,80,81,84,85,86,87,88,89,90,91,92,93,94,95,96,97,98,99,100,101,102,103,104,105,106,107)/p+1. The molecule has 43 heteroatoms. The number of aliphatic hydroxyl groups is 2. The Morgan fingerprint density at radius 3 is 1.31 bits per heavy atom. The van der Waals surface area contributed by atoms with Gasteiger partial charge in [0.1, 0.15) is 28.9 Å². The monoisotopic (exact) mass is 1550 g/mol. The number of hydrogen-bond acceptors (Lipinski definition) is 25. The molecular formula is C65H85N12O30S+. The van der Waals surface area contributed by atoms with Gasteiger partial charge in [-0.15, -0.1) is 0 Å². The van der Waals surface area contributed by atoms with Crippen LogP contribution in [0.15, 0.2) is 60.8 Å². The fourth-order valence-corrected chi connectivity index (χ4v) is 12.4. The number of nitrogens with zero attached hydrogens (tertiary/aromatic N) is 6. The number of aliphatic carboxylic acids is 11. The van der Waals surface area contributed by atoms with Crippen LogP contribution in [-0.4, -0.2) is 302 Å². The van der Waals surface area contributed by atoms with Crippen LogP contribution in [0.2, 0.25) is 0 Å². The number of nitrogens with one attached hydrogen (secondary N) is 6. The summed E-state index contributed by atoms with van der Waals surface area (Å²) in [6, 6.07) is 7.93. The van der Waals surface area contributed by atoms with Gasteiger partial charge in [-0.25, -0.2) is 9.59 Å². The van der Waals surface area contributed by atoms with Crippen LogP contribution in [0, 0.1) is 0 Å². The Morgan fingerprint density at radius 1 is 0.454 bits per heavy atom. The summed E-state index contributed by atoms with van der Waals surface area (Å²) >= 11 is 1.33. The molecule has 0 aliphatic carbocycles. The summed E-state index contributed by atoms with van der Waals surface area (Å²) in [5.41, 5.74) is 2.49. The highest BCUT2D eigenvalue weighted by Gasteiger charge is 2.36. The number of aliphatic hydroxyl groups excluding tert-OH is 1. The first-order valence-electron chi connectivity index (χ1n) is 33.1. The van der Waals surface area contributed by atoms with Gasteiger partial charge in [0.25, 0.3) is 5.01 Å². The topological polar surface area (TPSA) is 645 Å². The van der Waals surface area contributed by atoms with Crippen molar-refractivity contribution in [1.29, 1.82) is 0 Å². The number of hydrogen-bond donors (Lipinski definition) is 19. The molecule has 0 saturated carbocycles. The number of rotatable bonds is 53. The average molecular weight is 1550 g/mol. The van der Waals surface area contributed by atoms with Gasteiger partial charge < -0.3 is 103 Å². The number of anilines is 1. The molecule has 4 rings (SSSR count). The van der Waals surface area contributed by atoms with Gasteiger partial charge in [0.2, 0.25) is 41.0 Å². The number of fused-ring (bicyclic) bond motifs is 2. The Hall–Kier alpha value is -11.6. The molecule has 1 aliphatic heterocycles. The third-order valence-electron chi connectivity index (χ3n) is 16.1. The molecule has 590 valence electrons. The van der Waals surface area contributed by atoms with Gasteiger partial charge in [0.05, 0.1) is 58.8 Å². The first kappa shape index (κ1) is 88.8. The van der Waals surface area contributed by atoms with Crippen LogP contribution < -0.4 is 41.4 Å². The van der Waals surface area contributed by atoms with E-state index in [1.54, 1.807) is 64.2 Å². The zero-order valence-corrected chi connectivity index (χ0v) is 58.5. The van der Waals surface area contributed by atoms with Crippen LogP contribution in [-0.2, 0) is 88.1 Å². The maximum Gasteiger partial charge on any atom is 0.341 e. The molecule has 0 saturated heterocycles.